The number of aromatic nitrogens is 3. The van der Waals surface area contributed by atoms with E-state index in [-0.39, 0.29) is 29.7 Å². The van der Waals surface area contributed by atoms with Crippen LogP contribution in [0.5, 0.6) is 0 Å². The van der Waals surface area contributed by atoms with Crippen LogP contribution < -0.4 is 5.73 Å². The maximum absolute atomic E-state index is 12.2. The number of piperazine rings is 1. The van der Waals surface area contributed by atoms with Gasteiger partial charge >= 0.3 is 0 Å². The van der Waals surface area contributed by atoms with Gasteiger partial charge in [-0.2, -0.15) is 4.98 Å². The number of nitrogens with one attached hydrogen (secondary N) is 1. The van der Waals surface area contributed by atoms with Crippen LogP contribution in [0.2, 0.25) is 0 Å². The topological polar surface area (TPSA) is 117 Å². The molecule has 0 aromatic carbocycles. The summed E-state index contributed by atoms with van der Waals surface area (Å²) >= 11 is 0. The summed E-state index contributed by atoms with van der Waals surface area (Å²) in [5, 5.41) is 6.14. The van der Waals surface area contributed by atoms with E-state index in [1.54, 1.807) is 9.80 Å². The molecule has 2 fully saturated rings. The van der Waals surface area contributed by atoms with Crippen molar-refractivity contribution in [3.8, 4) is 0 Å². The molecule has 0 bridgehead atoms. The van der Waals surface area contributed by atoms with Crippen LogP contribution in [0, 0.1) is 0 Å². The van der Waals surface area contributed by atoms with E-state index in [4.69, 9.17) is 10.5 Å². The maximum Gasteiger partial charge on any atom is 0.291 e. The van der Waals surface area contributed by atoms with Gasteiger partial charge in [0.2, 0.25) is 11.8 Å². The van der Waals surface area contributed by atoms with Crippen LogP contribution in [0.15, 0.2) is 0 Å². The number of aromatic amines is 1. The molecule has 2 aliphatic rings. The molecule has 3 heterocycles. The SMILES string of the molecule is Nc1n[nH]c(C(=O)N2CCN(C(=O)C3CCCO3)CC2)n1. The Morgan fingerprint density at radius 2 is 1.95 bits per heavy atom. The zero-order valence-electron chi connectivity index (χ0n) is 11.6. The van der Waals surface area contributed by atoms with Gasteiger partial charge in [0.1, 0.15) is 6.10 Å². The number of nitrogens with two attached hydrogens (primary N) is 1. The largest absolute Gasteiger partial charge is 0.368 e. The molecule has 2 aliphatic heterocycles. The Kier molecular flexibility index (Phi) is 3.74. The molecule has 1 aromatic rings. The molecule has 3 N–H and O–H groups in total. The first-order chi connectivity index (χ1) is 10.1. The summed E-state index contributed by atoms with van der Waals surface area (Å²) in [6.45, 7) is 2.61. The minimum Gasteiger partial charge on any atom is -0.368 e. The third kappa shape index (κ3) is 2.82. The Bertz CT molecular complexity index is 531. The van der Waals surface area contributed by atoms with Crippen LogP contribution in [0.1, 0.15) is 23.5 Å². The highest BCUT2D eigenvalue weighted by atomic mass is 16.5. The molecule has 1 aromatic heterocycles. The molecule has 1 atom stereocenters. The predicted octanol–water partition coefficient (Wildman–Crippen LogP) is -1.15. The van der Waals surface area contributed by atoms with Gasteiger partial charge in [0, 0.05) is 32.8 Å². The highest BCUT2D eigenvalue weighted by Gasteiger charge is 2.32. The molecule has 0 spiro atoms. The number of hydrogen-bond acceptors (Lipinski definition) is 6. The third-order valence-electron chi connectivity index (χ3n) is 3.79. The van der Waals surface area contributed by atoms with Crippen molar-refractivity contribution in [1.82, 2.24) is 25.0 Å². The molecule has 2 saturated heterocycles. The van der Waals surface area contributed by atoms with E-state index in [2.05, 4.69) is 15.2 Å². The molecule has 9 nitrogen and oxygen atoms in total. The van der Waals surface area contributed by atoms with Gasteiger partial charge in [0.05, 0.1) is 0 Å². The predicted molar refractivity (Wildman–Crippen MR) is 72.3 cm³/mol. The number of rotatable bonds is 2. The lowest BCUT2D eigenvalue weighted by molar-refractivity contribution is -0.142. The summed E-state index contributed by atoms with van der Waals surface area (Å²) < 4.78 is 5.41. The van der Waals surface area contributed by atoms with Gasteiger partial charge in [-0.15, -0.1) is 5.10 Å². The fourth-order valence-electron chi connectivity index (χ4n) is 2.63. The van der Waals surface area contributed by atoms with Gasteiger partial charge in [0.15, 0.2) is 0 Å². The minimum absolute atomic E-state index is 0.0310. The molecule has 9 heteroatoms. The second kappa shape index (κ2) is 5.68. The maximum atomic E-state index is 12.2. The van der Waals surface area contributed by atoms with Gasteiger partial charge in [-0.05, 0) is 12.8 Å². The molecular formula is C12H18N6O3. The monoisotopic (exact) mass is 294 g/mol. The van der Waals surface area contributed by atoms with E-state index in [0.29, 0.717) is 32.8 Å². The van der Waals surface area contributed by atoms with Crippen LogP contribution in [0.25, 0.3) is 0 Å². The van der Waals surface area contributed by atoms with E-state index in [1.165, 1.54) is 0 Å². The Morgan fingerprint density at radius 3 is 2.52 bits per heavy atom. The van der Waals surface area contributed by atoms with E-state index in [1.807, 2.05) is 0 Å². The fraction of sp³-hybridized carbons (Fsp3) is 0.667. The van der Waals surface area contributed by atoms with Gasteiger partial charge in [-0.3, -0.25) is 14.7 Å². The van der Waals surface area contributed by atoms with Gasteiger partial charge in [-0.25, -0.2) is 0 Å². The fourth-order valence-corrected chi connectivity index (χ4v) is 2.63. The molecular weight excluding hydrogens is 276 g/mol. The summed E-state index contributed by atoms with van der Waals surface area (Å²) in [5.74, 6) is -0.0381. The van der Waals surface area contributed by atoms with E-state index in [0.717, 1.165) is 12.8 Å². The van der Waals surface area contributed by atoms with Crippen molar-refractivity contribution in [2.75, 3.05) is 38.5 Å². The van der Waals surface area contributed by atoms with Gasteiger partial charge in [0.25, 0.3) is 11.8 Å². The van der Waals surface area contributed by atoms with Crippen LogP contribution in [0.3, 0.4) is 0 Å². The number of amides is 2. The number of H-pyrrole nitrogens is 1. The van der Waals surface area contributed by atoms with Crippen molar-refractivity contribution in [1.29, 1.82) is 0 Å². The summed E-state index contributed by atoms with van der Waals surface area (Å²) in [6.07, 6.45) is 1.42. The third-order valence-corrected chi connectivity index (χ3v) is 3.79. The summed E-state index contributed by atoms with van der Waals surface area (Å²) in [7, 11) is 0. The second-order valence-electron chi connectivity index (χ2n) is 5.16. The molecule has 3 rings (SSSR count). The van der Waals surface area contributed by atoms with Crippen molar-refractivity contribution in [2.24, 2.45) is 0 Å². The number of ether oxygens (including phenoxy) is 1. The smallest absolute Gasteiger partial charge is 0.291 e. The average molecular weight is 294 g/mol. The lowest BCUT2D eigenvalue weighted by Crippen LogP contribution is -2.53. The number of carbonyl (C=O) groups is 2. The average Bonchev–Trinajstić information content (AvgIpc) is 3.17. The molecule has 0 saturated carbocycles. The van der Waals surface area contributed by atoms with Gasteiger partial charge in [-0.1, -0.05) is 0 Å². The van der Waals surface area contributed by atoms with E-state index in [9.17, 15) is 9.59 Å². The first kappa shape index (κ1) is 13.8. The number of carbonyl (C=O) groups excluding carboxylic acids is 2. The summed E-state index contributed by atoms with van der Waals surface area (Å²) in [4.78, 5) is 31.6. The standard InChI is InChI=1S/C12H18N6O3/c13-12-14-9(15-16-12)11(20)18-5-3-17(4-6-18)10(19)8-2-1-7-21-8/h8H,1-7H2,(H3,13,14,15,16). The van der Waals surface area contributed by atoms with Gasteiger partial charge < -0.3 is 20.3 Å². The molecule has 1 unspecified atom stereocenters. The van der Waals surface area contributed by atoms with E-state index >= 15 is 0 Å². The highest BCUT2D eigenvalue weighted by Crippen LogP contribution is 2.16. The normalized spacial score (nSPS) is 22.6. The lowest BCUT2D eigenvalue weighted by Gasteiger charge is -2.35. The number of nitrogens with zero attached hydrogens (tertiary/aromatic N) is 4. The Labute approximate surface area is 121 Å². The van der Waals surface area contributed by atoms with Crippen molar-refractivity contribution in [3.63, 3.8) is 0 Å². The lowest BCUT2D eigenvalue weighted by atomic mass is 10.2. The zero-order valence-corrected chi connectivity index (χ0v) is 11.6. The Hall–Kier alpha value is -2.16. The number of nitrogen functional groups attached to an aromatic ring is 1. The molecule has 21 heavy (non-hydrogen) atoms. The van der Waals surface area contributed by atoms with Crippen LogP contribution in [-0.2, 0) is 9.53 Å². The van der Waals surface area contributed by atoms with Crippen LogP contribution >= 0.6 is 0 Å². The van der Waals surface area contributed by atoms with Crippen molar-refractivity contribution in [2.45, 2.75) is 18.9 Å². The first-order valence-electron chi connectivity index (χ1n) is 7.02. The Balaban J connectivity index is 1.55. The molecule has 114 valence electrons. The first-order valence-corrected chi connectivity index (χ1v) is 7.02. The van der Waals surface area contributed by atoms with E-state index < -0.39 is 0 Å². The number of hydrogen-bond donors (Lipinski definition) is 2. The zero-order chi connectivity index (χ0) is 14.8. The molecule has 0 radical (unpaired) electrons. The quantitative estimate of drug-likeness (QED) is 0.711. The summed E-state index contributed by atoms with van der Waals surface area (Å²) in [6, 6.07) is 0. The van der Waals surface area contributed by atoms with Crippen molar-refractivity contribution < 1.29 is 14.3 Å². The molecule has 0 aliphatic carbocycles. The Morgan fingerprint density at radius 1 is 1.24 bits per heavy atom. The van der Waals surface area contributed by atoms with Crippen molar-refractivity contribution >= 4 is 17.8 Å². The van der Waals surface area contributed by atoms with Crippen LogP contribution in [-0.4, -0.2) is 75.7 Å². The van der Waals surface area contributed by atoms with Crippen molar-refractivity contribution in [3.05, 3.63) is 5.82 Å². The number of anilines is 1. The minimum atomic E-state index is -0.304. The summed E-state index contributed by atoms with van der Waals surface area (Å²) in [5.41, 5.74) is 5.39. The van der Waals surface area contributed by atoms with Crippen LogP contribution in [0.4, 0.5) is 5.95 Å². The highest BCUT2D eigenvalue weighted by molar-refractivity contribution is 5.91. The molecule has 2 amide bonds. The second-order valence-corrected chi connectivity index (χ2v) is 5.16.